The van der Waals surface area contributed by atoms with E-state index in [1.54, 1.807) is 6.07 Å². The van der Waals surface area contributed by atoms with Crippen molar-refractivity contribution in [2.24, 2.45) is 0 Å². The molecule has 0 radical (unpaired) electrons. The predicted octanol–water partition coefficient (Wildman–Crippen LogP) is 3.65. The summed E-state index contributed by atoms with van der Waals surface area (Å²) in [4.78, 5) is 11.7. The van der Waals surface area contributed by atoms with E-state index in [9.17, 15) is 4.39 Å². The molecule has 1 heterocycles. The number of benzene rings is 1. The Morgan fingerprint density at radius 1 is 1.37 bits per heavy atom. The molecule has 19 heavy (non-hydrogen) atoms. The van der Waals surface area contributed by atoms with E-state index in [-0.39, 0.29) is 17.0 Å². The lowest BCUT2D eigenvalue weighted by Gasteiger charge is -2.06. The Bertz CT molecular complexity index is 599. The average molecular weight is 348 g/mol. The van der Waals surface area contributed by atoms with E-state index in [1.807, 2.05) is 6.92 Å². The van der Waals surface area contributed by atoms with E-state index < -0.39 is 5.82 Å². The fourth-order valence-corrected chi connectivity index (χ4v) is 1.66. The lowest BCUT2D eigenvalue weighted by molar-refractivity contribution is 0.436. The van der Waals surface area contributed by atoms with Gasteiger partial charge in [0.2, 0.25) is 11.2 Å². The number of ether oxygens (including phenoxy) is 1. The first-order valence-corrected chi connectivity index (χ1v) is 6.54. The van der Waals surface area contributed by atoms with Crippen molar-refractivity contribution < 1.29 is 9.13 Å². The molecule has 0 saturated carbocycles. The van der Waals surface area contributed by atoms with Gasteiger partial charge in [-0.3, -0.25) is 0 Å². The summed E-state index contributed by atoms with van der Waals surface area (Å²) in [6, 6.07) is 4.32. The van der Waals surface area contributed by atoms with Crippen LogP contribution in [-0.2, 0) is 0 Å². The fourth-order valence-electron chi connectivity index (χ4n) is 1.26. The zero-order valence-electron chi connectivity index (χ0n) is 9.82. The molecule has 100 valence electrons. The molecule has 5 nitrogen and oxygen atoms in total. The standard InChI is InChI=1S/C11H9BrClFN4O/c1-2-15-10-16-9(13)17-11(18-10)19-6-3-4-7(12)8(14)5-6/h3-5H,2H2,1H3,(H,15,16,17,18). The van der Waals surface area contributed by atoms with Gasteiger partial charge in [-0.1, -0.05) is 0 Å². The molecule has 1 N–H and O–H groups in total. The summed E-state index contributed by atoms with van der Waals surface area (Å²) in [6.07, 6.45) is 0. The number of rotatable bonds is 4. The smallest absolute Gasteiger partial charge is 0.328 e. The van der Waals surface area contributed by atoms with E-state index in [4.69, 9.17) is 16.3 Å². The Labute approximate surface area is 122 Å². The largest absolute Gasteiger partial charge is 0.424 e. The first kappa shape index (κ1) is 14.0. The zero-order chi connectivity index (χ0) is 13.8. The Balaban J connectivity index is 2.24. The van der Waals surface area contributed by atoms with Crippen molar-refractivity contribution >= 4 is 33.5 Å². The summed E-state index contributed by atoms with van der Waals surface area (Å²) in [5, 5.41) is 2.89. The third-order valence-corrected chi connectivity index (χ3v) is 2.83. The van der Waals surface area contributed by atoms with Crippen LogP contribution in [-0.4, -0.2) is 21.5 Å². The Morgan fingerprint density at radius 3 is 2.84 bits per heavy atom. The van der Waals surface area contributed by atoms with Gasteiger partial charge < -0.3 is 10.1 Å². The van der Waals surface area contributed by atoms with Gasteiger partial charge in [0, 0.05) is 12.6 Å². The van der Waals surface area contributed by atoms with Gasteiger partial charge in [-0.15, -0.1) is 0 Å². The molecule has 8 heteroatoms. The molecule has 1 aromatic heterocycles. The molecule has 0 aliphatic heterocycles. The van der Waals surface area contributed by atoms with Crippen LogP contribution in [0.3, 0.4) is 0 Å². The van der Waals surface area contributed by atoms with Crippen molar-refractivity contribution in [3.63, 3.8) is 0 Å². The molecule has 0 amide bonds. The van der Waals surface area contributed by atoms with Gasteiger partial charge in [0.15, 0.2) is 0 Å². The maximum Gasteiger partial charge on any atom is 0.328 e. The first-order valence-electron chi connectivity index (χ1n) is 5.37. The average Bonchev–Trinajstić information content (AvgIpc) is 2.33. The van der Waals surface area contributed by atoms with E-state index in [0.717, 1.165) is 0 Å². The third-order valence-electron chi connectivity index (χ3n) is 2.02. The highest BCUT2D eigenvalue weighted by Crippen LogP contribution is 2.24. The number of hydrogen-bond donors (Lipinski definition) is 1. The molecular formula is C11H9BrClFN4O. The van der Waals surface area contributed by atoms with Crippen LogP contribution < -0.4 is 10.1 Å². The summed E-state index contributed by atoms with van der Waals surface area (Å²) >= 11 is 8.80. The van der Waals surface area contributed by atoms with Crippen molar-refractivity contribution in [1.29, 1.82) is 0 Å². The number of nitrogens with zero attached hydrogens (tertiary/aromatic N) is 3. The van der Waals surface area contributed by atoms with Gasteiger partial charge in [-0.05, 0) is 46.6 Å². The molecule has 1 aromatic carbocycles. The van der Waals surface area contributed by atoms with Gasteiger partial charge >= 0.3 is 6.01 Å². The molecule has 2 aromatic rings. The Kier molecular flexibility index (Phi) is 4.49. The number of aromatic nitrogens is 3. The van der Waals surface area contributed by atoms with Crippen LogP contribution >= 0.6 is 27.5 Å². The van der Waals surface area contributed by atoms with Gasteiger partial charge in [0.1, 0.15) is 11.6 Å². The SMILES string of the molecule is CCNc1nc(Cl)nc(Oc2ccc(Br)c(F)c2)n1. The molecule has 0 aliphatic rings. The van der Waals surface area contributed by atoms with Crippen LogP contribution in [0.2, 0.25) is 5.28 Å². The second kappa shape index (κ2) is 6.12. The number of anilines is 1. The molecule has 0 saturated heterocycles. The highest BCUT2D eigenvalue weighted by molar-refractivity contribution is 9.10. The third kappa shape index (κ3) is 3.74. The van der Waals surface area contributed by atoms with Crippen molar-refractivity contribution in [2.45, 2.75) is 6.92 Å². The molecule has 0 atom stereocenters. The predicted molar refractivity (Wildman–Crippen MR) is 73.2 cm³/mol. The van der Waals surface area contributed by atoms with E-state index in [2.05, 4.69) is 36.2 Å². The van der Waals surface area contributed by atoms with E-state index in [1.165, 1.54) is 12.1 Å². The Morgan fingerprint density at radius 2 is 2.16 bits per heavy atom. The Hall–Kier alpha value is -1.47. The van der Waals surface area contributed by atoms with Gasteiger partial charge in [0.25, 0.3) is 0 Å². The topological polar surface area (TPSA) is 59.9 Å². The van der Waals surface area contributed by atoms with Gasteiger partial charge in [-0.2, -0.15) is 15.0 Å². The minimum Gasteiger partial charge on any atom is -0.424 e. The number of hydrogen-bond acceptors (Lipinski definition) is 5. The second-order valence-corrected chi connectivity index (χ2v) is 4.61. The number of halogens is 3. The van der Waals surface area contributed by atoms with Crippen molar-refractivity contribution in [2.75, 3.05) is 11.9 Å². The molecule has 0 spiro atoms. The van der Waals surface area contributed by atoms with Crippen molar-refractivity contribution in [1.82, 2.24) is 15.0 Å². The van der Waals surface area contributed by atoms with Crippen LogP contribution in [0, 0.1) is 5.82 Å². The van der Waals surface area contributed by atoms with E-state index >= 15 is 0 Å². The second-order valence-electron chi connectivity index (χ2n) is 3.42. The van der Waals surface area contributed by atoms with Crippen molar-refractivity contribution in [3.05, 3.63) is 33.8 Å². The van der Waals surface area contributed by atoms with Crippen LogP contribution in [0.25, 0.3) is 0 Å². The summed E-state index contributed by atoms with van der Waals surface area (Å²) in [7, 11) is 0. The summed E-state index contributed by atoms with van der Waals surface area (Å²) in [5.74, 6) is 0.130. The monoisotopic (exact) mass is 346 g/mol. The summed E-state index contributed by atoms with van der Waals surface area (Å²) in [5.41, 5.74) is 0. The van der Waals surface area contributed by atoms with E-state index in [0.29, 0.717) is 17.0 Å². The lowest BCUT2D eigenvalue weighted by atomic mass is 10.3. The molecule has 2 rings (SSSR count). The van der Waals surface area contributed by atoms with Gasteiger partial charge in [0.05, 0.1) is 4.47 Å². The van der Waals surface area contributed by atoms with Crippen molar-refractivity contribution in [3.8, 4) is 11.8 Å². The molecule has 0 bridgehead atoms. The fraction of sp³-hybridized carbons (Fsp3) is 0.182. The molecule has 0 aliphatic carbocycles. The highest BCUT2D eigenvalue weighted by Gasteiger charge is 2.08. The maximum atomic E-state index is 13.3. The number of nitrogens with one attached hydrogen (secondary N) is 1. The highest BCUT2D eigenvalue weighted by atomic mass is 79.9. The lowest BCUT2D eigenvalue weighted by Crippen LogP contribution is -2.04. The minimum atomic E-state index is -0.440. The van der Waals surface area contributed by atoms with Crippen LogP contribution in [0.5, 0.6) is 11.8 Å². The summed E-state index contributed by atoms with van der Waals surface area (Å²) in [6.45, 7) is 2.52. The first-order chi connectivity index (χ1) is 9.08. The maximum absolute atomic E-state index is 13.3. The van der Waals surface area contributed by atoms with Crippen LogP contribution in [0.1, 0.15) is 6.92 Å². The molecule has 0 fully saturated rings. The summed E-state index contributed by atoms with van der Waals surface area (Å²) < 4.78 is 19.0. The molecular weight excluding hydrogens is 339 g/mol. The van der Waals surface area contributed by atoms with Gasteiger partial charge in [-0.25, -0.2) is 4.39 Å². The molecule has 0 unspecified atom stereocenters. The minimum absolute atomic E-state index is 0.00136. The van der Waals surface area contributed by atoms with Crippen LogP contribution in [0.15, 0.2) is 22.7 Å². The zero-order valence-corrected chi connectivity index (χ0v) is 12.2. The quantitative estimate of drug-likeness (QED) is 0.915. The van der Waals surface area contributed by atoms with Crippen LogP contribution in [0.4, 0.5) is 10.3 Å². The normalized spacial score (nSPS) is 10.3.